The van der Waals surface area contributed by atoms with Gasteiger partial charge in [0.1, 0.15) is 5.75 Å². The van der Waals surface area contributed by atoms with Gasteiger partial charge in [-0.2, -0.15) is 0 Å². The van der Waals surface area contributed by atoms with Crippen LogP contribution in [0.2, 0.25) is 0 Å². The minimum atomic E-state index is -0.252. The van der Waals surface area contributed by atoms with Gasteiger partial charge in [0, 0.05) is 19.0 Å². The van der Waals surface area contributed by atoms with E-state index in [1.165, 1.54) is 5.56 Å². The van der Waals surface area contributed by atoms with Gasteiger partial charge in [0.25, 0.3) is 0 Å². The van der Waals surface area contributed by atoms with E-state index in [9.17, 15) is 4.79 Å². The number of nitrogens with two attached hydrogens (primary N) is 1. The Kier molecular flexibility index (Phi) is 6.63. The molecule has 2 rings (SSSR count). The number of carbonyl (C=O) groups is 1. The second-order valence-corrected chi connectivity index (χ2v) is 5.52. The smallest absolute Gasteiger partial charge is 0.221 e. The SMILES string of the molecule is COc1ccc(CCCNC(=O)CC(N)c2ccccc2)cc1. The molecule has 0 radical (unpaired) electrons. The first-order valence-corrected chi connectivity index (χ1v) is 7.89. The molecular formula is C19H24N2O2. The molecule has 1 unspecified atom stereocenters. The average molecular weight is 312 g/mol. The van der Waals surface area contributed by atoms with Crippen LogP contribution in [-0.2, 0) is 11.2 Å². The van der Waals surface area contributed by atoms with Crippen LogP contribution < -0.4 is 15.8 Å². The van der Waals surface area contributed by atoms with Gasteiger partial charge >= 0.3 is 0 Å². The summed E-state index contributed by atoms with van der Waals surface area (Å²) in [6.45, 7) is 0.659. The number of nitrogens with one attached hydrogen (secondary N) is 1. The van der Waals surface area contributed by atoms with Crippen LogP contribution in [0.1, 0.15) is 30.0 Å². The van der Waals surface area contributed by atoms with E-state index in [1.807, 2.05) is 54.6 Å². The number of benzene rings is 2. The molecule has 0 saturated carbocycles. The largest absolute Gasteiger partial charge is 0.497 e. The third kappa shape index (κ3) is 5.75. The van der Waals surface area contributed by atoms with Gasteiger partial charge in [0.05, 0.1) is 7.11 Å². The van der Waals surface area contributed by atoms with Crippen LogP contribution >= 0.6 is 0 Å². The summed E-state index contributed by atoms with van der Waals surface area (Å²) < 4.78 is 5.13. The summed E-state index contributed by atoms with van der Waals surface area (Å²) in [4.78, 5) is 11.9. The zero-order valence-corrected chi connectivity index (χ0v) is 13.5. The van der Waals surface area contributed by atoms with Crippen molar-refractivity contribution < 1.29 is 9.53 Å². The van der Waals surface area contributed by atoms with Gasteiger partial charge in [-0.25, -0.2) is 0 Å². The van der Waals surface area contributed by atoms with Crippen molar-refractivity contribution in [1.29, 1.82) is 0 Å². The number of hydrogen-bond acceptors (Lipinski definition) is 3. The molecule has 0 bridgehead atoms. The Morgan fingerprint density at radius 2 is 1.83 bits per heavy atom. The number of aryl methyl sites for hydroxylation is 1. The topological polar surface area (TPSA) is 64.3 Å². The van der Waals surface area contributed by atoms with Crippen LogP contribution in [-0.4, -0.2) is 19.6 Å². The van der Waals surface area contributed by atoms with Gasteiger partial charge in [0.15, 0.2) is 0 Å². The lowest BCUT2D eigenvalue weighted by molar-refractivity contribution is -0.121. The Balaban J connectivity index is 1.66. The normalized spacial score (nSPS) is 11.7. The zero-order valence-electron chi connectivity index (χ0n) is 13.5. The number of rotatable bonds is 8. The highest BCUT2D eigenvalue weighted by Crippen LogP contribution is 2.13. The van der Waals surface area contributed by atoms with E-state index in [-0.39, 0.29) is 11.9 Å². The summed E-state index contributed by atoms with van der Waals surface area (Å²) in [6, 6.07) is 17.4. The summed E-state index contributed by atoms with van der Waals surface area (Å²) in [5.41, 5.74) is 8.27. The van der Waals surface area contributed by atoms with Gasteiger partial charge < -0.3 is 15.8 Å². The van der Waals surface area contributed by atoms with Gasteiger partial charge in [-0.3, -0.25) is 4.79 Å². The molecule has 0 heterocycles. The van der Waals surface area contributed by atoms with Crippen LogP contribution in [0.4, 0.5) is 0 Å². The van der Waals surface area contributed by atoms with E-state index in [1.54, 1.807) is 7.11 Å². The first kappa shape index (κ1) is 17.0. The lowest BCUT2D eigenvalue weighted by Crippen LogP contribution is -2.28. The van der Waals surface area contributed by atoms with Gasteiger partial charge in [-0.05, 0) is 36.1 Å². The first-order chi connectivity index (χ1) is 11.2. The average Bonchev–Trinajstić information content (AvgIpc) is 2.60. The second kappa shape index (κ2) is 8.96. The fraction of sp³-hybridized carbons (Fsp3) is 0.316. The molecule has 4 heteroatoms. The van der Waals surface area contributed by atoms with E-state index in [0.29, 0.717) is 13.0 Å². The highest BCUT2D eigenvalue weighted by Gasteiger charge is 2.10. The minimum absolute atomic E-state index is 0.00363. The molecular weight excluding hydrogens is 288 g/mol. The Morgan fingerprint density at radius 3 is 2.48 bits per heavy atom. The molecule has 0 saturated heterocycles. The van der Waals surface area contributed by atoms with Crippen LogP contribution in [0.25, 0.3) is 0 Å². The monoisotopic (exact) mass is 312 g/mol. The summed E-state index contributed by atoms with van der Waals surface area (Å²) in [7, 11) is 1.66. The number of hydrogen-bond donors (Lipinski definition) is 2. The van der Waals surface area contributed by atoms with Gasteiger partial charge in [0.2, 0.25) is 5.91 Å². The quantitative estimate of drug-likeness (QED) is 0.737. The lowest BCUT2D eigenvalue weighted by atomic mass is 10.0. The number of ether oxygens (including phenoxy) is 1. The molecule has 2 aromatic rings. The molecule has 2 aromatic carbocycles. The zero-order chi connectivity index (χ0) is 16.5. The van der Waals surface area contributed by atoms with E-state index in [4.69, 9.17) is 10.5 Å². The summed E-state index contributed by atoms with van der Waals surface area (Å²) in [6.07, 6.45) is 2.14. The number of amides is 1. The van der Waals surface area contributed by atoms with Crippen molar-refractivity contribution in [1.82, 2.24) is 5.32 Å². The predicted molar refractivity (Wildman–Crippen MR) is 92.3 cm³/mol. The molecule has 122 valence electrons. The molecule has 3 N–H and O–H groups in total. The third-order valence-electron chi connectivity index (χ3n) is 3.76. The van der Waals surface area contributed by atoms with E-state index in [2.05, 4.69) is 5.32 Å². The van der Waals surface area contributed by atoms with Crippen molar-refractivity contribution in [2.75, 3.05) is 13.7 Å². The van der Waals surface area contributed by atoms with Crippen molar-refractivity contribution in [2.24, 2.45) is 5.73 Å². The maximum atomic E-state index is 11.9. The Morgan fingerprint density at radius 1 is 1.13 bits per heavy atom. The van der Waals surface area contributed by atoms with Crippen LogP contribution in [0.5, 0.6) is 5.75 Å². The summed E-state index contributed by atoms with van der Waals surface area (Å²) in [5, 5.41) is 2.93. The Bertz CT molecular complexity index is 597. The van der Waals surface area contributed by atoms with Crippen molar-refractivity contribution in [3.63, 3.8) is 0 Å². The van der Waals surface area contributed by atoms with E-state index in [0.717, 1.165) is 24.2 Å². The van der Waals surface area contributed by atoms with Crippen molar-refractivity contribution >= 4 is 5.91 Å². The lowest BCUT2D eigenvalue weighted by Gasteiger charge is -2.12. The maximum Gasteiger partial charge on any atom is 0.221 e. The molecule has 0 fully saturated rings. The fourth-order valence-corrected chi connectivity index (χ4v) is 2.40. The molecule has 0 aliphatic heterocycles. The number of carbonyl (C=O) groups excluding carboxylic acids is 1. The van der Waals surface area contributed by atoms with Crippen LogP contribution in [0.3, 0.4) is 0 Å². The molecule has 0 spiro atoms. The molecule has 1 amide bonds. The fourth-order valence-electron chi connectivity index (χ4n) is 2.40. The minimum Gasteiger partial charge on any atom is -0.497 e. The van der Waals surface area contributed by atoms with E-state index < -0.39 is 0 Å². The third-order valence-corrected chi connectivity index (χ3v) is 3.76. The Labute approximate surface area is 137 Å². The predicted octanol–water partition coefficient (Wildman–Crippen LogP) is 2.83. The molecule has 0 aromatic heterocycles. The molecule has 1 atom stereocenters. The van der Waals surface area contributed by atoms with Crippen molar-refractivity contribution in [2.45, 2.75) is 25.3 Å². The molecule has 4 nitrogen and oxygen atoms in total. The first-order valence-electron chi connectivity index (χ1n) is 7.89. The highest BCUT2D eigenvalue weighted by molar-refractivity contribution is 5.76. The Hall–Kier alpha value is -2.33. The molecule has 0 aliphatic carbocycles. The van der Waals surface area contributed by atoms with Crippen LogP contribution in [0, 0.1) is 0 Å². The molecule has 0 aliphatic rings. The molecule has 23 heavy (non-hydrogen) atoms. The summed E-state index contributed by atoms with van der Waals surface area (Å²) in [5.74, 6) is 0.855. The second-order valence-electron chi connectivity index (χ2n) is 5.52. The van der Waals surface area contributed by atoms with Gasteiger partial charge in [-0.1, -0.05) is 42.5 Å². The maximum absolute atomic E-state index is 11.9. The number of methoxy groups -OCH3 is 1. The van der Waals surface area contributed by atoms with E-state index >= 15 is 0 Å². The van der Waals surface area contributed by atoms with Crippen molar-refractivity contribution in [3.8, 4) is 5.75 Å². The summed E-state index contributed by atoms with van der Waals surface area (Å²) >= 11 is 0. The standard InChI is InChI=1S/C19H24N2O2/c1-23-17-11-9-15(10-12-17)6-5-13-21-19(22)14-18(20)16-7-3-2-4-8-16/h2-4,7-12,18H,5-6,13-14,20H2,1H3,(H,21,22). The highest BCUT2D eigenvalue weighted by atomic mass is 16.5. The van der Waals surface area contributed by atoms with Gasteiger partial charge in [-0.15, -0.1) is 0 Å². The van der Waals surface area contributed by atoms with Crippen molar-refractivity contribution in [3.05, 3.63) is 65.7 Å². The van der Waals surface area contributed by atoms with Crippen LogP contribution in [0.15, 0.2) is 54.6 Å².